The molecule has 1 aromatic carbocycles. The number of carboxylic acids is 1. The summed E-state index contributed by atoms with van der Waals surface area (Å²) in [6.07, 6.45) is 2.54. The zero-order valence-corrected chi connectivity index (χ0v) is 10.8. The van der Waals surface area contributed by atoms with Gasteiger partial charge in [-0.2, -0.15) is 0 Å². The van der Waals surface area contributed by atoms with Gasteiger partial charge in [0.15, 0.2) is 0 Å². The fourth-order valence-corrected chi connectivity index (χ4v) is 2.52. The molecule has 0 saturated carbocycles. The average Bonchev–Trinajstić information content (AvgIpc) is 2.38. The SMILES string of the molecule is Cc1ccc(CC(C(=O)O)C2CCCOC2)cc1. The van der Waals surface area contributed by atoms with Gasteiger partial charge in [0, 0.05) is 6.61 Å². The minimum atomic E-state index is -0.703. The quantitative estimate of drug-likeness (QED) is 0.891. The molecule has 2 unspecified atom stereocenters. The van der Waals surface area contributed by atoms with E-state index in [1.807, 2.05) is 31.2 Å². The summed E-state index contributed by atoms with van der Waals surface area (Å²) in [7, 11) is 0. The molecule has 18 heavy (non-hydrogen) atoms. The van der Waals surface area contributed by atoms with Crippen molar-refractivity contribution in [2.75, 3.05) is 13.2 Å². The number of carboxylic acid groups (broad SMARTS) is 1. The lowest BCUT2D eigenvalue weighted by atomic mass is 9.83. The molecule has 1 aliphatic heterocycles. The van der Waals surface area contributed by atoms with Crippen molar-refractivity contribution >= 4 is 5.97 Å². The van der Waals surface area contributed by atoms with Gasteiger partial charge >= 0.3 is 5.97 Å². The van der Waals surface area contributed by atoms with Crippen LogP contribution in [0.15, 0.2) is 24.3 Å². The van der Waals surface area contributed by atoms with Gasteiger partial charge in [-0.25, -0.2) is 0 Å². The summed E-state index contributed by atoms with van der Waals surface area (Å²) in [5.41, 5.74) is 2.30. The van der Waals surface area contributed by atoms with E-state index in [1.54, 1.807) is 0 Å². The number of benzene rings is 1. The van der Waals surface area contributed by atoms with Gasteiger partial charge in [0.1, 0.15) is 0 Å². The maximum Gasteiger partial charge on any atom is 0.307 e. The molecule has 98 valence electrons. The molecule has 0 amide bonds. The van der Waals surface area contributed by atoms with Gasteiger partial charge in [-0.15, -0.1) is 0 Å². The van der Waals surface area contributed by atoms with Gasteiger partial charge in [0.2, 0.25) is 0 Å². The van der Waals surface area contributed by atoms with E-state index in [2.05, 4.69) is 0 Å². The Morgan fingerprint density at radius 1 is 1.44 bits per heavy atom. The van der Waals surface area contributed by atoms with Crippen molar-refractivity contribution in [2.45, 2.75) is 26.2 Å². The molecule has 0 radical (unpaired) electrons. The second kappa shape index (κ2) is 6.01. The number of hydrogen-bond donors (Lipinski definition) is 1. The molecule has 2 atom stereocenters. The van der Waals surface area contributed by atoms with Crippen LogP contribution in [-0.4, -0.2) is 24.3 Å². The Morgan fingerprint density at radius 2 is 2.17 bits per heavy atom. The van der Waals surface area contributed by atoms with Crippen LogP contribution in [0.5, 0.6) is 0 Å². The molecule has 0 aromatic heterocycles. The smallest absolute Gasteiger partial charge is 0.307 e. The van der Waals surface area contributed by atoms with Crippen molar-refractivity contribution < 1.29 is 14.6 Å². The summed E-state index contributed by atoms with van der Waals surface area (Å²) in [5.74, 6) is -0.878. The van der Waals surface area contributed by atoms with E-state index in [-0.39, 0.29) is 11.8 Å². The highest BCUT2D eigenvalue weighted by Gasteiger charge is 2.29. The Kier molecular flexibility index (Phi) is 4.37. The van der Waals surface area contributed by atoms with Crippen LogP contribution in [0.4, 0.5) is 0 Å². The van der Waals surface area contributed by atoms with Crippen molar-refractivity contribution in [2.24, 2.45) is 11.8 Å². The van der Waals surface area contributed by atoms with E-state index in [0.29, 0.717) is 13.0 Å². The average molecular weight is 248 g/mol. The number of aliphatic carboxylic acids is 1. The Bertz CT molecular complexity index is 391. The molecular weight excluding hydrogens is 228 g/mol. The molecule has 1 heterocycles. The summed E-state index contributed by atoms with van der Waals surface area (Å²) in [6, 6.07) is 8.11. The molecule has 1 N–H and O–H groups in total. The first-order chi connectivity index (χ1) is 8.66. The van der Waals surface area contributed by atoms with Crippen LogP contribution in [0, 0.1) is 18.8 Å². The predicted molar refractivity (Wildman–Crippen MR) is 69.6 cm³/mol. The van der Waals surface area contributed by atoms with Crippen molar-refractivity contribution in [1.82, 2.24) is 0 Å². The Morgan fingerprint density at radius 3 is 2.72 bits per heavy atom. The van der Waals surface area contributed by atoms with Gasteiger partial charge in [-0.1, -0.05) is 29.8 Å². The van der Waals surface area contributed by atoms with E-state index in [9.17, 15) is 9.90 Å². The molecule has 0 spiro atoms. The Hall–Kier alpha value is -1.35. The number of rotatable bonds is 4. The molecule has 0 bridgehead atoms. The molecule has 1 aromatic rings. The Balaban J connectivity index is 2.05. The van der Waals surface area contributed by atoms with Crippen molar-refractivity contribution in [3.8, 4) is 0 Å². The van der Waals surface area contributed by atoms with Crippen LogP contribution in [0.3, 0.4) is 0 Å². The first kappa shape index (κ1) is 13.1. The van der Waals surface area contributed by atoms with Crippen LogP contribution in [0.1, 0.15) is 24.0 Å². The lowest BCUT2D eigenvalue weighted by molar-refractivity contribution is -0.145. The second-order valence-corrected chi connectivity index (χ2v) is 5.11. The predicted octanol–water partition coefficient (Wildman–Crippen LogP) is 2.66. The minimum Gasteiger partial charge on any atom is -0.481 e. The van der Waals surface area contributed by atoms with Gasteiger partial charge in [0.25, 0.3) is 0 Å². The second-order valence-electron chi connectivity index (χ2n) is 5.11. The van der Waals surface area contributed by atoms with E-state index >= 15 is 0 Å². The molecule has 1 saturated heterocycles. The first-order valence-electron chi connectivity index (χ1n) is 6.53. The zero-order valence-electron chi connectivity index (χ0n) is 10.8. The fraction of sp³-hybridized carbons (Fsp3) is 0.533. The van der Waals surface area contributed by atoms with E-state index in [0.717, 1.165) is 25.0 Å². The fourth-order valence-electron chi connectivity index (χ4n) is 2.52. The van der Waals surface area contributed by atoms with Gasteiger partial charge in [-0.05, 0) is 37.7 Å². The van der Waals surface area contributed by atoms with E-state index in [1.165, 1.54) is 5.56 Å². The largest absolute Gasteiger partial charge is 0.481 e. The Labute approximate surface area is 108 Å². The number of hydrogen-bond acceptors (Lipinski definition) is 2. The zero-order chi connectivity index (χ0) is 13.0. The van der Waals surface area contributed by atoms with Crippen LogP contribution < -0.4 is 0 Å². The number of carbonyl (C=O) groups is 1. The summed E-state index contributed by atoms with van der Waals surface area (Å²) in [6.45, 7) is 3.39. The standard InChI is InChI=1S/C15H20O3/c1-11-4-6-12(7-5-11)9-14(15(16)17)13-3-2-8-18-10-13/h4-7,13-14H,2-3,8-10H2,1H3,(H,16,17). The molecular formula is C15H20O3. The normalized spacial score (nSPS) is 21.5. The monoisotopic (exact) mass is 248 g/mol. The van der Waals surface area contributed by atoms with Crippen LogP contribution >= 0.6 is 0 Å². The van der Waals surface area contributed by atoms with Crippen LogP contribution in [0.25, 0.3) is 0 Å². The third-order valence-corrected chi connectivity index (χ3v) is 3.66. The third kappa shape index (κ3) is 3.33. The van der Waals surface area contributed by atoms with E-state index < -0.39 is 5.97 Å². The number of aryl methyl sites for hydroxylation is 1. The summed E-state index contributed by atoms with van der Waals surface area (Å²) < 4.78 is 5.41. The molecule has 1 aliphatic rings. The third-order valence-electron chi connectivity index (χ3n) is 3.66. The molecule has 3 nitrogen and oxygen atoms in total. The van der Waals surface area contributed by atoms with Gasteiger partial charge in [-0.3, -0.25) is 4.79 Å². The molecule has 0 aliphatic carbocycles. The highest BCUT2D eigenvalue weighted by Crippen LogP contribution is 2.26. The lowest BCUT2D eigenvalue weighted by Crippen LogP contribution is -2.32. The summed E-state index contributed by atoms with van der Waals surface area (Å²) >= 11 is 0. The number of ether oxygens (including phenoxy) is 1. The lowest BCUT2D eigenvalue weighted by Gasteiger charge is -2.27. The van der Waals surface area contributed by atoms with E-state index in [4.69, 9.17) is 4.74 Å². The highest BCUT2D eigenvalue weighted by molar-refractivity contribution is 5.70. The molecule has 1 fully saturated rings. The van der Waals surface area contributed by atoms with Crippen LogP contribution in [0.2, 0.25) is 0 Å². The maximum absolute atomic E-state index is 11.4. The summed E-state index contributed by atoms with van der Waals surface area (Å²) in [5, 5.41) is 9.39. The highest BCUT2D eigenvalue weighted by atomic mass is 16.5. The van der Waals surface area contributed by atoms with Crippen molar-refractivity contribution in [3.05, 3.63) is 35.4 Å². The van der Waals surface area contributed by atoms with Crippen LogP contribution in [-0.2, 0) is 16.0 Å². The van der Waals surface area contributed by atoms with Gasteiger partial charge < -0.3 is 9.84 Å². The topological polar surface area (TPSA) is 46.5 Å². The van der Waals surface area contributed by atoms with Gasteiger partial charge in [0.05, 0.1) is 12.5 Å². The maximum atomic E-state index is 11.4. The summed E-state index contributed by atoms with van der Waals surface area (Å²) in [4.78, 5) is 11.4. The molecule has 2 rings (SSSR count). The first-order valence-corrected chi connectivity index (χ1v) is 6.53. The van der Waals surface area contributed by atoms with Crippen molar-refractivity contribution in [3.63, 3.8) is 0 Å². The molecule has 3 heteroatoms. The minimum absolute atomic E-state index is 0.151. The van der Waals surface area contributed by atoms with Crippen molar-refractivity contribution in [1.29, 1.82) is 0 Å².